The molecule has 6 nitrogen and oxygen atoms in total. The van der Waals surface area contributed by atoms with Crippen LogP contribution in [-0.2, 0) is 34.2 Å². The van der Waals surface area contributed by atoms with E-state index in [-0.39, 0.29) is 17.3 Å². The largest absolute Gasteiger partial charge is 0.312 e. The maximum atomic E-state index is 12.7. The first kappa shape index (κ1) is 20.0. The van der Waals surface area contributed by atoms with E-state index in [9.17, 15) is 13.2 Å². The summed E-state index contributed by atoms with van der Waals surface area (Å²) >= 11 is 1.56. The monoisotopic (exact) mass is 407 g/mol. The van der Waals surface area contributed by atoms with Crippen molar-refractivity contribution in [3.63, 3.8) is 0 Å². The molecule has 1 aromatic carbocycles. The molecule has 27 heavy (non-hydrogen) atoms. The topological polar surface area (TPSA) is 79.4 Å². The first-order valence-corrected chi connectivity index (χ1v) is 11.5. The van der Waals surface area contributed by atoms with Crippen LogP contribution in [0.4, 0.5) is 5.69 Å². The lowest BCUT2D eigenvalue weighted by molar-refractivity contribution is -0.116. The predicted octanol–water partition coefficient (Wildman–Crippen LogP) is 3.18. The lowest BCUT2D eigenvalue weighted by atomic mass is 10.0. The van der Waals surface area contributed by atoms with Gasteiger partial charge in [-0.2, -0.15) is 0 Å². The number of rotatable bonds is 6. The molecule has 1 amide bonds. The lowest BCUT2D eigenvalue weighted by Crippen LogP contribution is -2.33. The summed E-state index contributed by atoms with van der Waals surface area (Å²) in [7, 11) is -3.62. The van der Waals surface area contributed by atoms with Gasteiger partial charge in [0.2, 0.25) is 15.9 Å². The van der Waals surface area contributed by atoms with Crippen molar-refractivity contribution in [2.45, 2.75) is 57.9 Å². The number of carbonyl (C=O) groups is 1. The van der Waals surface area contributed by atoms with Crippen LogP contribution in [0.1, 0.15) is 47.8 Å². The quantitative estimate of drug-likeness (QED) is 0.798. The van der Waals surface area contributed by atoms with E-state index >= 15 is 0 Å². The smallest absolute Gasteiger partial charge is 0.240 e. The standard InChI is InChI=1S/C19H25N3O3S2/c1-4-6-19-21-13(2)18(26-19)12-20-27(24,25)16-8-9-17-15(11-16)7-5-10-22(17)14(3)23/h8-9,11,20H,4-7,10,12H2,1-3H3. The number of thiazole rings is 1. The van der Waals surface area contributed by atoms with Gasteiger partial charge in [0.1, 0.15) is 0 Å². The minimum Gasteiger partial charge on any atom is -0.312 e. The van der Waals surface area contributed by atoms with Crippen molar-refractivity contribution in [3.05, 3.63) is 39.3 Å². The molecule has 3 rings (SSSR count). The molecule has 0 saturated carbocycles. The lowest BCUT2D eigenvalue weighted by Gasteiger charge is -2.28. The second kappa shape index (κ2) is 8.08. The van der Waals surface area contributed by atoms with E-state index < -0.39 is 10.0 Å². The van der Waals surface area contributed by atoms with Gasteiger partial charge in [-0.05, 0) is 56.4 Å². The number of sulfonamides is 1. The molecule has 146 valence electrons. The number of hydrogen-bond donors (Lipinski definition) is 1. The van der Waals surface area contributed by atoms with Gasteiger partial charge in [-0.1, -0.05) is 6.92 Å². The highest BCUT2D eigenvalue weighted by atomic mass is 32.2. The predicted molar refractivity (Wildman–Crippen MR) is 108 cm³/mol. The Morgan fingerprint density at radius 1 is 1.37 bits per heavy atom. The average Bonchev–Trinajstić information content (AvgIpc) is 2.98. The van der Waals surface area contributed by atoms with Gasteiger partial charge in [0, 0.05) is 30.6 Å². The highest BCUT2D eigenvalue weighted by Crippen LogP contribution is 2.29. The molecule has 2 aromatic rings. The zero-order chi connectivity index (χ0) is 19.6. The molecular formula is C19H25N3O3S2. The van der Waals surface area contributed by atoms with Gasteiger partial charge in [0.15, 0.2) is 0 Å². The molecule has 0 saturated heterocycles. The molecule has 1 N–H and O–H groups in total. The van der Waals surface area contributed by atoms with Crippen LogP contribution in [0.25, 0.3) is 0 Å². The van der Waals surface area contributed by atoms with Crippen LogP contribution in [0.15, 0.2) is 23.1 Å². The Balaban J connectivity index is 1.78. The molecule has 1 aliphatic heterocycles. The molecule has 1 aliphatic rings. The van der Waals surface area contributed by atoms with E-state index in [0.717, 1.165) is 52.5 Å². The highest BCUT2D eigenvalue weighted by Gasteiger charge is 2.23. The third kappa shape index (κ3) is 4.39. The Morgan fingerprint density at radius 2 is 2.15 bits per heavy atom. The second-order valence-corrected chi connectivity index (χ2v) is 9.69. The number of aromatic nitrogens is 1. The minimum absolute atomic E-state index is 0.0202. The Labute approximate surface area is 164 Å². The number of carbonyl (C=O) groups excluding carboxylic acids is 1. The number of hydrogen-bond acceptors (Lipinski definition) is 5. The summed E-state index contributed by atoms with van der Waals surface area (Å²) in [6.07, 6.45) is 3.54. The van der Waals surface area contributed by atoms with E-state index in [1.807, 2.05) is 6.92 Å². The van der Waals surface area contributed by atoms with Crippen LogP contribution in [0.5, 0.6) is 0 Å². The number of amides is 1. The number of anilines is 1. The van der Waals surface area contributed by atoms with Gasteiger partial charge in [0.25, 0.3) is 0 Å². The van der Waals surface area contributed by atoms with Gasteiger partial charge in [-0.3, -0.25) is 4.79 Å². The molecule has 1 aromatic heterocycles. The number of fused-ring (bicyclic) bond motifs is 1. The Bertz CT molecular complexity index is 951. The summed E-state index contributed by atoms with van der Waals surface area (Å²) in [6, 6.07) is 5.00. The number of aryl methyl sites for hydroxylation is 3. The van der Waals surface area contributed by atoms with Crippen LogP contribution >= 0.6 is 11.3 Å². The molecule has 0 spiro atoms. The maximum absolute atomic E-state index is 12.7. The minimum atomic E-state index is -3.62. The molecule has 0 bridgehead atoms. The summed E-state index contributed by atoms with van der Waals surface area (Å²) < 4.78 is 28.2. The molecule has 0 radical (unpaired) electrons. The van der Waals surface area contributed by atoms with E-state index in [2.05, 4.69) is 16.6 Å². The fraction of sp³-hybridized carbons (Fsp3) is 0.474. The van der Waals surface area contributed by atoms with Crippen molar-refractivity contribution in [2.75, 3.05) is 11.4 Å². The van der Waals surface area contributed by atoms with Crippen molar-refractivity contribution in [2.24, 2.45) is 0 Å². The van der Waals surface area contributed by atoms with Crippen LogP contribution in [0, 0.1) is 6.92 Å². The maximum Gasteiger partial charge on any atom is 0.240 e. The number of nitrogens with one attached hydrogen (secondary N) is 1. The summed E-state index contributed by atoms with van der Waals surface area (Å²) in [6.45, 7) is 6.46. The first-order valence-electron chi connectivity index (χ1n) is 9.17. The van der Waals surface area contributed by atoms with Crippen molar-refractivity contribution in [3.8, 4) is 0 Å². The summed E-state index contributed by atoms with van der Waals surface area (Å²) in [5.41, 5.74) is 2.60. The summed E-state index contributed by atoms with van der Waals surface area (Å²) in [5, 5.41) is 1.04. The molecule has 0 atom stereocenters. The van der Waals surface area contributed by atoms with Gasteiger partial charge in [0.05, 0.1) is 15.6 Å². The van der Waals surface area contributed by atoms with Crippen LogP contribution in [0.2, 0.25) is 0 Å². The molecule has 0 aliphatic carbocycles. The van der Waals surface area contributed by atoms with Gasteiger partial charge in [-0.25, -0.2) is 18.1 Å². The van der Waals surface area contributed by atoms with E-state index in [1.54, 1.807) is 34.4 Å². The van der Waals surface area contributed by atoms with Gasteiger partial charge >= 0.3 is 0 Å². The van der Waals surface area contributed by atoms with Crippen molar-refractivity contribution >= 4 is 33.0 Å². The molecule has 2 heterocycles. The van der Waals surface area contributed by atoms with Crippen molar-refractivity contribution in [1.29, 1.82) is 0 Å². The second-order valence-electron chi connectivity index (χ2n) is 6.76. The fourth-order valence-electron chi connectivity index (χ4n) is 3.28. The summed E-state index contributed by atoms with van der Waals surface area (Å²) in [4.78, 5) is 19.2. The summed E-state index contributed by atoms with van der Waals surface area (Å²) in [5.74, 6) is -0.0202. The van der Waals surface area contributed by atoms with Crippen molar-refractivity contribution in [1.82, 2.24) is 9.71 Å². The van der Waals surface area contributed by atoms with Crippen molar-refractivity contribution < 1.29 is 13.2 Å². The highest BCUT2D eigenvalue weighted by molar-refractivity contribution is 7.89. The molecule has 0 unspecified atom stereocenters. The Kier molecular flexibility index (Phi) is 5.98. The zero-order valence-electron chi connectivity index (χ0n) is 15.9. The molecular weight excluding hydrogens is 382 g/mol. The third-order valence-electron chi connectivity index (χ3n) is 4.68. The zero-order valence-corrected chi connectivity index (χ0v) is 17.5. The van der Waals surface area contributed by atoms with Crippen LogP contribution in [-0.4, -0.2) is 25.9 Å². The van der Waals surface area contributed by atoms with E-state index in [1.165, 1.54) is 6.92 Å². The Morgan fingerprint density at radius 3 is 2.85 bits per heavy atom. The number of benzene rings is 1. The SMILES string of the molecule is CCCc1nc(C)c(CNS(=O)(=O)c2ccc3c(c2)CCCN3C(C)=O)s1. The van der Waals surface area contributed by atoms with Crippen LogP contribution in [0.3, 0.4) is 0 Å². The number of nitrogens with zero attached hydrogens (tertiary/aromatic N) is 2. The van der Waals surface area contributed by atoms with Crippen LogP contribution < -0.4 is 9.62 Å². The van der Waals surface area contributed by atoms with Gasteiger partial charge in [-0.15, -0.1) is 11.3 Å². The van der Waals surface area contributed by atoms with E-state index in [4.69, 9.17) is 0 Å². The van der Waals surface area contributed by atoms with Gasteiger partial charge < -0.3 is 4.90 Å². The molecule has 0 fully saturated rings. The van der Waals surface area contributed by atoms with E-state index in [0.29, 0.717) is 6.54 Å². The molecule has 8 heteroatoms. The first-order chi connectivity index (χ1) is 12.8. The third-order valence-corrected chi connectivity index (χ3v) is 7.30. The Hall–Kier alpha value is -1.77. The fourth-order valence-corrected chi connectivity index (χ4v) is 5.53. The average molecular weight is 408 g/mol. The normalized spacial score (nSPS) is 14.3.